The van der Waals surface area contributed by atoms with Crippen molar-refractivity contribution >= 4 is 29.0 Å². The highest BCUT2D eigenvalue weighted by Gasteiger charge is 1.93. The number of hydrogen-bond acceptors (Lipinski definition) is 3. The Labute approximate surface area is 75.4 Å². The molecule has 0 saturated heterocycles. The van der Waals surface area contributed by atoms with Gasteiger partial charge in [-0.25, -0.2) is 4.98 Å². The van der Waals surface area contributed by atoms with Gasteiger partial charge in [0, 0.05) is 24.0 Å². The third-order valence-corrected chi connectivity index (χ3v) is 1.90. The third kappa shape index (κ3) is 1.19. The minimum Gasteiger partial charge on any atom is -0.236 e. The molecule has 0 N–H and O–H groups in total. The first-order valence-corrected chi connectivity index (χ1v) is 3.95. The first kappa shape index (κ1) is 7.31. The maximum Gasteiger partial charge on any atom is 0.166 e. The van der Waals surface area contributed by atoms with Crippen LogP contribution < -0.4 is 0 Å². The van der Waals surface area contributed by atoms with E-state index in [9.17, 15) is 0 Å². The largest absolute Gasteiger partial charge is 0.236 e. The smallest absolute Gasteiger partial charge is 0.166 e. The fourth-order valence-corrected chi connectivity index (χ4v) is 1.22. The Morgan fingerprint density at radius 3 is 2.67 bits per heavy atom. The minimum atomic E-state index is 0.601. The van der Waals surface area contributed by atoms with Crippen molar-refractivity contribution < 1.29 is 0 Å². The lowest BCUT2D eigenvalue weighted by atomic mass is 10.2. The molecule has 2 rings (SSSR count). The second-order valence-corrected chi connectivity index (χ2v) is 2.66. The van der Waals surface area contributed by atoms with Gasteiger partial charge in [0.1, 0.15) is 0 Å². The van der Waals surface area contributed by atoms with Gasteiger partial charge in [-0.1, -0.05) is 24.3 Å². The maximum absolute atomic E-state index is 4.54. The number of hydrogen-bond donors (Lipinski definition) is 0. The second-order valence-electron chi connectivity index (χ2n) is 2.48. The number of rotatable bonds is 1. The van der Waals surface area contributed by atoms with Crippen LogP contribution in [0.3, 0.4) is 0 Å². The fraction of sp³-hybridized carbons (Fsp3) is 0. The molecule has 0 saturated carbocycles. The van der Waals surface area contributed by atoms with E-state index in [1.807, 2.05) is 30.3 Å². The summed E-state index contributed by atoms with van der Waals surface area (Å²) in [4.78, 5) is 4.05. The van der Waals surface area contributed by atoms with Crippen molar-refractivity contribution in [1.29, 1.82) is 0 Å². The molecule has 0 aliphatic carbocycles. The van der Waals surface area contributed by atoms with Gasteiger partial charge in [0.15, 0.2) is 5.82 Å². The lowest BCUT2D eigenvalue weighted by Crippen LogP contribution is -1.75. The topological polar surface area (TPSA) is 25.2 Å². The van der Waals surface area contributed by atoms with Crippen LogP contribution in [0, 0.1) is 0 Å². The van der Waals surface area contributed by atoms with E-state index in [1.165, 1.54) is 0 Å². The van der Waals surface area contributed by atoms with Crippen molar-refractivity contribution in [2.75, 3.05) is 0 Å². The highest BCUT2D eigenvalue weighted by molar-refractivity contribution is 7.47. The van der Waals surface area contributed by atoms with Gasteiger partial charge in [0.05, 0.1) is 0 Å². The second kappa shape index (κ2) is 2.95. The van der Waals surface area contributed by atoms with Crippen LogP contribution in [-0.4, -0.2) is 4.98 Å². The number of nitrogens with zero attached hydrogens (tertiary/aromatic N) is 2. The van der Waals surface area contributed by atoms with Crippen molar-refractivity contribution in [3.63, 3.8) is 0 Å². The number of pyridine rings is 1. The SMILES string of the molecule is S=Nc1cc2ccccc2cn1. The fourth-order valence-electron chi connectivity index (χ4n) is 1.12. The number of benzene rings is 1. The molecule has 0 unspecified atom stereocenters. The Bertz CT molecular complexity index is 426. The van der Waals surface area contributed by atoms with Crippen LogP contribution in [0.1, 0.15) is 0 Å². The van der Waals surface area contributed by atoms with Crippen LogP contribution in [-0.2, 0) is 12.4 Å². The Morgan fingerprint density at radius 1 is 1.17 bits per heavy atom. The standard InChI is InChI=1S/C9H6N2S/c12-11-9-5-7-3-1-2-4-8(7)6-10-9/h1-6H. The third-order valence-electron chi connectivity index (χ3n) is 1.71. The zero-order valence-corrected chi connectivity index (χ0v) is 7.08. The van der Waals surface area contributed by atoms with Crippen LogP contribution in [0.25, 0.3) is 10.8 Å². The van der Waals surface area contributed by atoms with E-state index in [1.54, 1.807) is 6.20 Å². The Hall–Kier alpha value is -1.35. The zero-order valence-electron chi connectivity index (χ0n) is 6.27. The molecule has 1 aromatic heterocycles. The molecule has 1 heterocycles. The van der Waals surface area contributed by atoms with Crippen LogP contribution in [0.2, 0.25) is 0 Å². The molecule has 1 aromatic carbocycles. The van der Waals surface area contributed by atoms with E-state index in [0.29, 0.717) is 5.82 Å². The average Bonchev–Trinajstić information content (AvgIpc) is 2.17. The maximum atomic E-state index is 4.54. The van der Waals surface area contributed by atoms with Crippen LogP contribution in [0.15, 0.2) is 40.9 Å². The summed E-state index contributed by atoms with van der Waals surface area (Å²) < 4.78 is 3.59. The molecule has 0 bridgehead atoms. The van der Waals surface area contributed by atoms with E-state index < -0.39 is 0 Å². The minimum absolute atomic E-state index is 0.601. The molecular formula is C9H6N2S. The summed E-state index contributed by atoms with van der Waals surface area (Å²) in [5.41, 5.74) is 0. The Morgan fingerprint density at radius 2 is 1.92 bits per heavy atom. The molecule has 0 fully saturated rings. The van der Waals surface area contributed by atoms with Crippen molar-refractivity contribution in [3.8, 4) is 0 Å². The molecule has 2 nitrogen and oxygen atoms in total. The normalized spacial score (nSPS) is 10.0. The first-order valence-electron chi connectivity index (χ1n) is 3.58. The number of aromatic nitrogens is 1. The van der Waals surface area contributed by atoms with Crippen molar-refractivity contribution in [2.24, 2.45) is 4.36 Å². The van der Waals surface area contributed by atoms with Gasteiger partial charge in [-0.2, -0.15) is 4.36 Å². The molecule has 2 aromatic rings. The highest BCUT2D eigenvalue weighted by Crippen LogP contribution is 2.17. The van der Waals surface area contributed by atoms with Gasteiger partial charge in [-0.05, 0) is 11.5 Å². The van der Waals surface area contributed by atoms with Gasteiger partial charge in [-0.3, -0.25) is 0 Å². The van der Waals surface area contributed by atoms with E-state index in [0.717, 1.165) is 10.8 Å². The van der Waals surface area contributed by atoms with Gasteiger partial charge in [0.25, 0.3) is 0 Å². The zero-order chi connectivity index (χ0) is 8.39. The average molecular weight is 174 g/mol. The number of fused-ring (bicyclic) bond motifs is 1. The summed E-state index contributed by atoms with van der Waals surface area (Å²) in [6.07, 6.45) is 1.78. The summed E-state index contributed by atoms with van der Waals surface area (Å²) in [5, 5.41) is 2.23. The highest BCUT2D eigenvalue weighted by atomic mass is 32.1. The van der Waals surface area contributed by atoms with E-state index >= 15 is 0 Å². The van der Waals surface area contributed by atoms with Crippen molar-refractivity contribution in [3.05, 3.63) is 36.5 Å². The molecule has 0 amide bonds. The molecule has 0 spiro atoms. The molecule has 3 heteroatoms. The van der Waals surface area contributed by atoms with E-state index in [2.05, 4.69) is 21.8 Å². The molecule has 0 radical (unpaired) electrons. The molecule has 0 aliphatic heterocycles. The molecule has 12 heavy (non-hydrogen) atoms. The van der Waals surface area contributed by atoms with Gasteiger partial charge >= 0.3 is 0 Å². The lowest BCUT2D eigenvalue weighted by Gasteiger charge is -1.95. The summed E-state index contributed by atoms with van der Waals surface area (Å²) in [6, 6.07) is 9.86. The van der Waals surface area contributed by atoms with Crippen LogP contribution in [0.5, 0.6) is 0 Å². The van der Waals surface area contributed by atoms with Gasteiger partial charge < -0.3 is 0 Å². The van der Waals surface area contributed by atoms with Gasteiger partial charge in [-0.15, -0.1) is 0 Å². The summed E-state index contributed by atoms with van der Waals surface area (Å²) in [6.45, 7) is 0. The van der Waals surface area contributed by atoms with E-state index in [-0.39, 0.29) is 0 Å². The van der Waals surface area contributed by atoms with Crippen molar-refractivity contribution in [1.82, 2.24) is 4.98 Å². The molecular weight excluding hydrogens is 168 g/mol. The van der Waals surface area contributed by atoms with Crippen LogP contribution >= 0.6 is 0 Å². The van der Waals surface area contributed by atoms with Crippen molar-refractivity contribution in [2.45, 2.75) is 0 Å². The monoisotopic (exact) mass is 174 g/mol. The Kier molecular flexibility index (Phi) is 1.80. The molecule has 0 atom stereocenters. The van der Waals surface area contributed by atoms with Gasteiger partial charge in [0.2, 0.25) is 0 Å². The summed E-state index contributed by atoms with van der Waals surface area (Å²) in [5.74, 6) is 0.601. The van der Waals surface area contributed by atoms with Crippen LogP contribution in [0.4, 0.5) is 5.82 Å². The first-order chi connectivity index (χ1) is 5.90. The molecule has 0 aliphatic rings. The Balaban J connectivity index is 2.75. The predicted molar refractivity (Wildman–Crippen MR) is 51.2 cm³/mol. The molecule has 58 valence electrons. The summed E-state index contributed by atoms with van der Waals surface area (Å²) >= 11 is 4.54. The predicted octanol–water partition coefficient (Wildman–Crippen LogP) is 2.60. The summed E-state index contributed by atoms with van der Waals surface area (Å²) in [7, 11) is 0. The lowest BCUT2D eigenvalue weighted by molar-refractivity contribution is 1.32. The van der Waals surface area contributed by atoms with E-state index in [4.69, 9.17) is 0 Å². The quantitative estimate of drug-likeness (QED) is 0.664.